The molecule has 2 aromatic rings. The van der Waals surface area contributed by atoms with Crippen LogP contribution in [0.4, 0.5) is 4.39 Å². The van der Waals surface area contributed by atoms with Crippen molar-refractivity contribution in [1.29, 1.82) is 0 Å². The van der Waals surface area contributed by atoms with Crippen molar-refractivity contribution in [2.75, 3.05) is 19.7 Å². The van der Waals surface area contributed by atoms with Crippen molar-refractivity contribution in [3.8, 4) is 0 Å². The van der Waals surface area contributed by atoms with E-state index in [0.717, 1.165) is 13.0 Å². The zero-order chi connectivity index (χ0) is 15.1. The van der Waals surface area contributed by atoms with Gasteiger partial charge < -0.3 is 5.11 Å². The van der Waals surface area contributed by atoms with Crippen LogP contribution in [0, 0.1) is 5.82 Å². The Morgan fingerprint density at radius 2 is 1.76 bits per heavy atom. The summed E-state index contributed by atoms with van der Waals surface area (Å²) < 4.78 is 13.8. The number of halogens is 2. The van der Waals surface area contributed by atoms with Crippen LogP contribution in [0.15, 0.2) is 48.5 Å². The molecule has 0 bridgehead atoms. The van der Waals surface area contributed by atoms with Gasteiger partial charge in [-0.1, -0.05) is 48.0 Å². The van der Waals surface area contributed by atoms with Crippen LogP contribution in [-0.4, -0.2) is 29.7 Å². The van der Waals surface area contributed by atoms with Crippen molar-refractivity contribution in [3.63, 3.8) is 0 Å². The van der Waals surface area contributed by atoms with E-state index in [4.69, 9.17) is 11.6 Å². The van der Waals surface area contributed by atoms with E-state index in [1.807, 2.05) is 23.1 Å². The quantitative estimate of drug-likeness (QED) is 0.846. The molecule has 0 saturated carbocycles. The number of aliphatic hydroxyl groups is 1. The molecule has 2 nitrogen and oxygen atoms in total. The first-order valence-electron chi connectivity index (χ1n) is 7.00. The Labute approximate surface area is 129 Å². The minimum atomic E-state index is -0.301. The van der Waals surface area contributed by atoms with E-state index in [1.165, 1.54) is 11.6 Å². The van der Waals surface area contributed by atoms with Crippen molar-refractivity contribution in [2.45, 2.75) is 13.0 Å². The topological polar surface area (TPSA) is 23.5 Å². The first-order chi connectivity index (χ1) is 10.2. The molecule has 1 N–H and O–H groups in total. The highest BCUT2D eigenvalue weighted by molar-refractivity contribution is 6.31. The summed E-state index contributed by atoms with van der Waals surface area (Å²) >= 11 is 6.06. The summed E-state index contributed by atoms with van der Waals surface area (Å²) in [5.74, 6) is -0.301. The predicted molar refractivity (Wildman–Crippen MR) is 83.9 cm³/mol. The van der Waals surface area contributed by atoms with Crippen LogP contribution in [0.5, 0.6) is 0 Å². The average molecular weight is 308 g/mol. The lowest BCUT2D eigenvalue weighted by Gasteiger charge is -2.22. The maximum absolute atomic E-state index is 13.8. The van der Waals surface area contributed by atoms with Gasteiger partial charge in [-0.2, -0.15) is 0 Å². The van der Waals surface area contributed by atoms with Gasteiger partial charge in [0.2, 0.25) is 0 Å². The second-order valence-corrected chi connectivity index (χ2v) is 5.34. The zero-order valence-electron chi connectivity index (χ0n) is 11.8. The molecule has 0 aliphatic carbocycles. The molecular formula is C17H19ClFNO. The van der Waals surface area contributed by atoms with Crippen LogP contribution in [0.2, 0.25) is 5.02 Å². The number of benzene rings is 2. The summed E-state index contributed by atoms with van der Waals surface area (Å²) in [6.45, 7) is 1.69. The summed E-state index contributed by atoms with van der Waals surface area (Å²) in [7, 11) is 0. The standard InChI is InChI=1S/C17H19ClFNO/c18-16-7-4-8-17(19)15(16)13-20(11-12-21)10-9-14-5-2-1-3-6-14/h1-8,21H,9-13H2. The molecule has 0 aliphatic heterocycles. The van der Waals surface area contributed by atoms with E-state index in [2.05, 4.69) is 12.1 Å². The highest BCUT2D eigenvalue weighted by Crippen LogP contribution is 2.20. The summed E-state index contributed by atoms with van der Waals surface area (Å²) in [6.07, 6.45) is 0.854. The summed E-state index contributed by atoms with van der Waals surface area (Å²) in [5.41, 5.74) is 1.71. The summed E-state index contributed by atoms with van der Waals surface area (Å²) in [5, 5.41) is 9.61. The second kappa shape index (κ2) is 8.13. The Kier molecular flexibility index (Phi) is 6.18. The summed E-state index contributed by atoms with van der Waals surface area (Å²) in [6, 6.07) is 14.8. The molecule has 0 amide bonds. The SMILES string of the molecule is OCCN(CCc1ccccc1)Cc1c(F)cccc1Cl. The van der Waals surface area contributed by atoms with E-state index >= 15 is 0 Å². The van der Waals surface area contributed by atoms with Gasteiger partial charge in [0.1, 0.15) is 5.82 Å². The van der Waals surface area contributed by atoms with Gasteiger partial charge in [0.15, 0.2) is 0 Å². The van der Waals surface area contributed by atoms with Crippen molar-refractivity contribution in [2.24, 2.45) is 0 Å². The molecule has 21 heavy (non-hydrogen) atoms. The van der Waals surface area contributed by atoms with Gasteiger partial charge in [-0.15, -0.1) is 0 Å². The van der Waals surface area contributed by atoms with Gasteiger partial charge in [-0.25, -0.2) is 4.39 Å². The van der Waals surface area contributed by atoms with Crippen LogP contribution in [0.1, 0.15) is 11.1 Å². The molecule has 0 unspecified atom stereocenters. The molecule has 0 aliphatic rings. The predicted octanol–water partition coefficient (Wildman–Crippen LogP) is 3.52. The number of hydrogen-bond donors (Lipinski definition) is 1. The lowest BCUT2D eigenvalue weighted by atomic mass is 10.1. The van der Waals surface area contributed by atoms with Gasteiger partial charge in [0, 0.05) is 30.2 Å². The fourth-order valence-corrected chi connectivity index (χ4v) is 2.47. The lowest BCUT2D eigenvalue weighted by molar-refractivity contribution is 0.190. The van der Waals surface area contributed by atoms with Crippen LogP contribution in [0.3, 0.4) is 0 Å². The van der Waals surface area contributed by atoms with E-state index in [1.54, 1.807) is 12.1 Å². The number of hydrogen-bond acceptors (Lipinski definition) is 2. The molecular weight excluding hydrogens is 289 g/mol. The van der Waals surface area contributed by atoms with E-state index in [0.29, 0.717) is 23.7 Å². The second-order valence-electron chi connectivity index (χ2n) is 4.94. The minimum Gasteiger partial charge on any atom is -0.395 e. The Morgan fingerprint density at radius 1 is 1.00 bits per heavy atom. The highest BCUT2D eigenvalue weighted by atomic mass is 35.5. The van der Waals surface area contributed by atoms with Gasteiger partial charge in [0.25, 0.3) is 0 Å². The van der Waals surface area contributed by atoms with Gasteiger partial charge >= 0.3 is 0 Å². The van der Waals surface area contributed by atoms with Crippen molar-refractivity contribution in [3.05, 3.63) is 70.5 Å². The van der Waals surface area contributed by atoms with Gasteiger partial charge in [0.05, 0.1) is 6.61 Å². The molecule has 4 heteroatoms. The number of rotatable bonds is 7. The minimum absolute atomic E-state index is 0.0425. The normalized spacial score (nSPS) is 11.0. The third-order valence-corrected chi connectivity index (χ3v) is 3.77. The smallest absolute Gasteiger partial charge is 0.129 e. The third-order valence-electron chi connectivity index (χ3n) is 3.42. The number of nitrogens with zero attached hydrogens (tertiary/aromatic N) is 1. The Bertz CT molecular complexity index is 542. The molecule has 0 heterocycles. The molecule has 112 valence electrons. The molecule has 0 aromatic heterocycles. The number of aliphatic hydroxyl groups excluding tert-OH is 1. The van der Waals surface area contributed by atoms with Crippen molar-refractivity contribution >= 4 is 11.6 Å². The van der Waals surface area contributed by atoms with E-state index in [9.17, 15) is 9.50 Å². The molecule has 0 fully saturated rings. The van der Waals surface area contributed by atoms with E-state index in [-0.39, 0.29) is 12.4 Å². The maximum Gasteiger partial charge on any atom is 0.129 e. The molecule has 0 spiro atoms. The molecule has 2 aromatic carbocycles. The largest absolute Gasteiger partial charge is 0.395 e. The van der Waals surface area contributed by atoms with E-state index < -0.39 is 0 Å². The molecule has 0 atom stereocenters. The third kappa shape index (κ3) is 4.81. The molecule has 0 saturated heterocycles. The van der Waals surface area contributed by atoms with Crippen LogP contribution in [0.25, 0.3) is 0 Å². The molecule has 0 radical (unpaired) electrons. The monoisotopic (exact) mass is 307 g/mol. The first-order valence-corrected chi connectivity index (χ1v) is 7.38. The molecule has 2 rings (SSSR count). The first kappa shape index (κ1) is 16.0. The lowest BCUT2D eigenvalue weighted by Crippen LogP contribution is -2.29. The van der Waals surface area contributed by atoms with Crippen LogP contribution >= 0.6 is 11.6 Å². The Morgan fingerprint density at radius 3 is 2.43 bits per heavy atom. The zero-order valence-corrected chi connectivity index (χ0v) is 12.6. The van der Waals surface area contributed by atoms with Crippen molar-refractivity contribution in [1.82, 2.24) is 4.90 Å². The fourth-order valence-electron chi connectivity index (χ4n) is 2.25. The maximum atomic E-state index is 13.8. The Hall–Kier alpha value is -1.42. The highest BCUT2D eigenvalue weighted by Gasteiger charge is 2.12. The fraction of sp³-hybridized carbons (Fsp3) is 0.294. The van der Waals surface area contributed by atoms with Gasteiger partial charge in [-0.3, -0.25) is 4.90 Å². The van der Waals surface area contributed by atoms with Crippen LogP contribution in [-0.2, 0) is 13.0 Å². The van der Waals surface area contributed by atoms with Crippen LogP contribution < -0.4 is 0 Å². The average Bonchev–Trinajstić information content (AvgIpc) is 2.49. The Balaban J connectivity index is 2.02. The van der Waals surface area contributed by atoms with Gasteiger partial charge in [-0.05, 0) is 24.1 Å². The van der Waals surface area contributed by atoms with Crippen molar-refractivity contribution < 1.29 is 9.50 Å². The summed E-state index contributed by atoms with van der Waals surface area (Å²) in [4.78, 5) is 2.01.